The number of fused-ring (bicyclic) bond motifs is 5. The van der Waals surface area contributed by atoms with Gasteiger partial charge in [-0.05, 0) is 31.0 Å². The molecule has 0 saturated carbocycles. The lowest BCUT2D eigenvalue weighted by atomic mass is 9.85. The van der Waals surface area contributed by atoms with Crippen molar-refractivity contribution >= 4 is 28.5 Å². The van der Waals surface area contributed by atoms with Crippen LogP contribution in [-0.2, 0) is 37.8 Å². The van der Waals surface area contributed by atoms with Gasteiger partial charge in [0, 0.05) is 23.6 Å². The van der Waals surface area contributed by atoms with Gasteiger partial charge in [0.05, 0.1) is 39.3 Å². The number of ether oxygens (including phenoxy) is 2. The normalized spacial score (nSPS) is 17.9. The summed E-state index contributed by atoms with van der Waals surface area (Å²) in [4.78, 5) is 54.7. The van der Waals surface area contributed by atoms with E-state index in [1.165, 1.54) is 10.6 Å². The van der Waals surface area contributed by atoms with Crippen LogP contribution in [0, 0.1) is 10.1 Å². The van der Waals surface area contributed by atoms with Crippen LogP contribution in [0.2, 0.25) is 0 Å². The van der Waals surface area contributed by atoms with Crippen molar-refractivity contribution in [3.8, 4) is 11.4 Å². The van der Waals surface area contributed by atoms with E-state index < -0.39 is 22.5 Å². The molecule has 1 atom stereocenters. The first-order valence-corrected chi connectivity index (χ1v) is 11.5. The Morgan fingerprint density at radius 2 is 2.09 bits per heavy atom. The van der Waals surface area contributed by atoms with Gasteiger partial charge in [0.15, 0.2) is 0 Å². The van der Waals surface area contributed by atoms with E-state index in [4.69, 9.17) is 9.47 Å². The second-order valence-corrected chi connectivity index (χ2v) is 8.74. The minimum Gasteiger partial charge on any atom is -0.457 e. The summed E-state index contributed by atoms with van der Waals surface area (Å²) in [6.07, 6.45) is 1.66. The van der Waals surface area contributed by atoms with Gasteiger partial charge in [0.1, 0.15) is 6.61 Å². The van der Waals surface area contributed by atoms with Crippen LogP contribution in [-0.4, -0.2) is 26.4 Å². The first kappa shape index (κ1) is 22.7. The highest BCUT2D eigenvalue weighted by Crippen LogP contribution is 2.41. The molecule has 4 heterocycles. The number of benzene rings is 1. The number of cyclic esters (lactones) is 1. The number of carbonyl (C=O) groups is 2. The summed E-state index contributed by atoms with van der Waals surface area (Å²) < 4.78 is 12.6. The molecule has 0 amide bonds. The molecular weight excluding hydrogens is 454 g/mol. The number of pyridine rings is 2. The highest BCUT2D eigenvalue weighted by atomic mass is 16.6. The van der Waals surface area contributed by atoms with Crippen molar-refractivity contribution in [1.82, 2.24) is 9.55 Å². The maximum Gasteiger partial charge on any atom is 0.355 e. The van der Waals surface area contributed by atoms with E-state index in [9.17, 15) is 24.5 Å². The first-order valence-electron chi connectivity index (χ1n) is 11.5. The van der Waals surface area contributed by atoms with Gasteiger partial charge in [-0.3, -0.25) is 19.7 Å². The van der Waals surface area contributed by atoms with Crippen LogP contribution in [0.4, 0.5) is 5.69 Å². The van der Waals surface area contributed by atoms with Gasteiger partial charge < -0.3 is 14.0 Å². The summed E-state index contributed by atoms with van der Waals surface area (Å²) in [6, 6.07) is 8.00. The van der Waals surface area contributed by atoms with Crippen molar-refractivity contribution in [1.29, 1.82) is 0 Å². The Kier molecular flexibility index (Phi) is 5.38. The molecular formula is C25H23N3O7. The third kappa shape index (κ3) is 3.39. The topological polar surface area (TPSA) is 131 Å². The Labute approximate surface area is 199 Å². The first-order chi connectivity index (χ1) is 16.8. The molecule has 0 N–H and O–H groups in total. The number of nitro groups is 1. The minimum atomic E-state index is -1.72. The molecule has 0 unspecified atom stereocenters. The molecule has 0 spiro atoms. The number of non-ortho nitro benzene ring substituents is 1. The largest absolute Gasteiger partial charge is 0.457 e. The van der Waals surface area contributed by atoms with Gasteiger partial charge in [-0.2, -0.15) is 0 Å². The van der Waals surface area contributed by atoms with Crippen molar-refractivity contribution < 1.29 is 24.0 Å². The minimum absolute atomic E-state index is 0.0663. The molecule has 0 fully saturated rings. The molecule has 2 aromatic heterocycles. The van der Waals surface area contributed by atoms with E-state index in [1.807, 2.05) is 6.92 Å². The van der Waals surface area contributed by atoms with Crippen LogP contribution in [0.5, 0.6) is 0 Å². The molecule has 35 heavy (non-hydrogen) atoms. The number of unbranched alkanes of at least 4 members (excludes halogenated alkanes) is 1. The van der Waals surface area contributed by atoms with Gasteiger partial charge >= 0.3 is 11.9 Å². The van der Waals surface area contributed by atoms with Crippen molar-refractivity contribution in [3.05, 3.63) is 67.5 Å². The lowest BCUT2D eigenvalue weighted by Crippen LogP contribution is -2.47. The molecule has 5 rings (SSSR count). The average Bonchev–Trinajstić information content (AvgIpc) is 3.20. The third-order valence-corrected chi connectivity index (χ3v) is 6.72. The summed E-state index contributed by atoms with van der Waals surface area (Å²) in [5.74, 6) is -1.24. The smallest absolute Gasteiger partial charge is 0.355 e. The van der Waals surface area contributed by atoms with Crippen LogP contribution < -0.4 is 5.56 Å². The highest BCUT2D eigenvalue weighted by molar-refractivity contribution is 5.92. The van der Waals surface area contributed by atoms with E-state index in [0.717, 1.165) is 6.42 Å². The number of rotatable bonds is 6. The zero-order valence-electron chi connectivity index (χ0n) is 19.3. The van der Waals surface area contributed by atoms with Crippen molar-refractivity contribution in [3.63, 3.8) is 0 Å². The van der Waals surface area contributed by atoms with Crippen LogP contribution >= 0.6 is 0 Å². The van der Waals surface area contributed by atoms with Crippen LogP contribution in [0.15, 0.2) is 35.1 Å². The lowest BCUT2D eigenvalue weighted by molar-refractivity contribution is -0.383. The predicted molar refractivity (Wildman–Crippen MR) is 125 cm³/mol. The maximum absolute atomic E-state index is 13.5. The van der Waals surface area contributed by atoms with Gasteiger partial charge in [-0.25, -0.2) is 9.78 Å². The summed E-state index contributed by atoms with van der Waals surface area (Å²) in [7, 11) is 0. The van der Waals surface area contributed by atoms with Crippen molar-refractivity contribution in [2.24, 2.45) is 0 Å². The Morgan fingerprint density at radius 1 is 1.29 bits per heavy atom. The quantitative estimate of drug-likeness (QED) is 0.233. The van der Waals surface area contributed by atoms with E-state index >= 15 is 0 Å². The molecule has 2 aliphatic heterocycles. The summed E-state index contributed by atoms with van der Waals surface area (Å²) in [5, 5.41) is 11.9. The maximum atomic E-state index is 13.5. The summed E-state index contributed by atoms with van der Waals surface area (Å²) in [5.41, 5.74) is 0.448. The van der Waals surface area contributed by atoms with E-state index in [1.54, 1.807) is 31.2 Å². The van der Waals surface area contributed by atoms with E-state index in [2.05, 4.69) is 4.98 Å². The number of aromatic nitrogens is 2. The van der Waals surface area contributed by atoms with E-state index in [0.29, 0.717) is 39.8 Å². The molecule has 0 bridgehead atoms. The van der Waals surface area contributed by atoms with Gasteiger partial charge in [0.25, 0.3) is 11.2 Å². The van der Waals surface area contributed by atoms with Crippen LogP contribution in [0.3, 0.4) is 0 Å². The number of nitro benzene ring substituents is 1. The molecule has 3 aromatic rings. The molecule has 180 valence electrons. The zero-order chi connectivity index (χ0) is 24.9. The predicted octanol–water partition coefficient (Wildman–Crippen LogP) is 3.73. The molecule has 10 heteroatoms. The molecule has 10 nitrogen and oxygen atoms in total. The summed E-state index contributed by atoms with van der Waals surface area (Å²) >= 11 is 0. The zero-order valence-corrected chi connectivity index (χ0v) is 19.3. The van der Waals surface area contributed by atoms with Crippen molar-refractivity contribution in [2.45, 2.75) is 58.3 Å². The van der Waals surface area contributed by atoms with Crippen LogP contribution in [0.1, 0.15) is 56.2 Å². The van der Waals surface area contributed by atoms with Crippen molar-refractivity contribution in [2.75, 3.05) is 0 Å². The Bertz CT molecular complexity index is 1480. The molecule has 1 aromatic carbocycles. The van der Waals surface area contributed by atoms with Crippen LogP contribution in [0.25, 0.3) is 22.3 Å². The van der Waals surface area contributed by atoms with Gasteiger partial charge in [-0.15, -0.1) is 0 Å². The molecule has 2 aliphatic rings. The molecule has 0 saturated heterocycles. The summed E-state index contributed by atoms with van der Waals surface area (Å²) in [6.45, 7) is 3.60. The monoisotopic (exact) mass is 477 g/mol. The average molecular weight is 477 g/mol. The fourth-order valence-electron chi connectivity index (χ4n) is 4.87. The SMILES string of the molecule is CCCCC(=O)O[C@]1(CC)C(=O)OCc2c1cc1n(c2=O)Cc2cc3c([N+](=O)[O-])cccc3nc2-1. The Hall–Kier alpha value is -4.08. The second kappa shape index (κ2) is 8.30. The lowest BCUT2D eigenvalue weighted by Gasteiger charge is -2.35. The molecule has 0 radical (unpaired) electrons. The Balaban J connectivity index is 1.69. The Morgan fingerprint density at radius 3 is 2.80 bits per heavy atom. The highest BCUT2D eigenvalue weighted by Gasteiger charge is 2.50. The number of carbonyl (C=O) groups excluding carboxylic acids is 2. The number of hydrogen-bond acceptors (Lipinski definition) is 8. The molecule has 0 aliphatic carbocycles. The number of esters is 2. The second-order valence-electron chi connectivity index (χ2n) is 8.74. The fraction of sp³-hybridized carbons (Fsp3) is 0.360. The van der Waals surface area contributed by atoms with Gasteiger partial charge in [-0.1, -0.05) is 26.3 Å². The number of hydrogen-bond donors (Lipinski definition) is 0. The number of nitrogens with zero attached hydrogens (tertiary/aromatic N) is 3. The third-order valence-electron chi connectivity index (χ3n) is 6.72. The van der Waals surface area contributed by atoms with Gasteiger partial charge in [0.2, 0.25) is 5.60 Å². The fourth-order valence-corrected chi connectivity index (χ4v) is 4.87. The van der Waals surface area contributed by atoms with E-state index in [-0.39, 0.29) is 42.8 Å². The standard InChI is InChI=1S/C25H23N3O7/c1-3-5-9-21(29)35-25(4-2)17-11-20-22-14(12-27(20)23(30)16(17)13-34-24(25)31)10-15-18(26-22)7-6-8-19(15)28(32)33/h6-8,10-11H,3-5,9,12-13H2,1-2H3/t25-/m0/s1.